The Bertz CT molecular complexity index is 655. The number of carbonyl (C=O) groups is 1. The molecule has 0 fully saturated rings. The van der Waals surface area contributed by atoms with Crippen molar-refractivity contribution in [2.45, 2.75) is 12.8 Å². The summed E-state index contributed by atoms with van der Waals surface area (Å²) >= 11 is 5.61. The fourth-order valence-corrected chi connectivity index (χ4v) is 1.97. The van der Waals surface area contributed by atoms with E-state index in [1.807, 2.05) is 24.3 Å². The van der Waals surface area contributed by atoms with E-state index in [2.05, 4.69) is 10.2 Å². The van der Waals surface area contributed by atoms with Crippen molar-refractivity contribution in [2.24, 2.45) is 10.2 Å². The van der Waals surface area contributed by atoms with Crippen LogP contribution in [0.2, 0.25) is 0 Å². The Hall–Kier alpha value is -2.40. The number of hydrogen-bond donors (Lipinski definition) is 1. The van der Waals surface area contributed by atoms with Crippen LogP contribution in [0.25, 0.3) is 0 Å². The third-order valence-electron chi connectivity index (χ3n) is 3.03. The predicted molar refractivity (Wildman–Crippen MR) is 89.5 cm³/mol. The number of aromatic carboxylic acids is 1. The Morgan fingerprint density at radius 1 is 0.957 bits per heavy atom. The first-order chi connectivity index (χ1) is 11.2. The number of rotatable bonds is 8. The lowest BCUT2D eigenvalue weighted by Gasteiger charge is -2.05. The van der Waals surface area contributed by atoms with Crippen molar-refractivity contribution < 1.29 is 14.6 Å². The van der Waals surface area contributed by atoms with E-state index in [4.69, 9.17) is 21.4 Å². The first-order valence-electron chi connectivity index (χ1n) is 7.23. The second-order valence-corrected chi connectivity index (χ2v) is 5.17. The van der Waals surface area contributed by atoms with E-state index >= 15 is 0 Å². The first-order valence-corrected chi connectivity index (χ1v) is 7.76. The molecule has 5 nitrogen and oxygen atoms in total. The maximum atomic E-state index is 10.8. The molecule has 1 N–H and O–H groups in total. The number of azo groups is 1. The van der Waals surface area contributed by atoms with E-state index in [0.717, 1.165) is 18.6 Å². The molecule has 2 aromatic carbocycles. The summed E-state index contributed by atoms with van der Waals surface area (Å²) in [6.07, 6.45) is 1.87. The van der Waals surface area contributed by atoms with Gasteiger partial charge in [-0.25, -0.2) is 4.79 Å². The summed E-state index contributed by atoms with van der Waals surface area (Å²) in [4.78, 5) is 10.8. The van der Waals surface area contributed by atoms with Crippen LogP contribution >= 0.6 is 11.6 Å². The van der Waals surface area contributed by atoms with Crippen molar-refractivity contribution in [3.05, 3.63) is 54.1 Å². The lowest BCUT2D eigenvalue weighted by molar-refractivity contribution is 0.0697. The molecule has 0 aliphatic heterocycles. The standard InChI is InChI=1S/C17H17ClN2O3/c18-11-1-2-12-23-16-9-7-15(8-10-16)20-19-14-5-3-13(4-6-14)17(21)22/h3-10H,1-2,11-12H2,(H,21,22)/b20-19+. The molecule has 23 heavy (non-hydrogen) atoms. The number of hydrogen-bond acceptors (Lipinski definition) is 4. The molecule has 2 rings (SSSR count). The smallest absolute Gasteiger partial charge is 0.335 e. The Morgan fingerprint density at radius 2 is 1.52 bits per heavy atom. The predicted octanol–water partition coefficient (Wildman–Crippen LogP) is 5.20. The largest absolute Gasteiger partial charge is 0.494 e. The van der Waals surface area contributed by atoms with Crippen LogP contribution in [0, 0.1) is 0 Å². The minimum atomic E-state index is -0.963. The van der Waals surface area contributed by atoms with Crippen LogP contribution in [0.5, 0.6) is 5.75 Å². The number of ether oxygens (including phenoxy) is 1. The topological polar surface area (TPSA) is 71.2 Å². The molecule has 6 heteroatoms. The van der Waals surface area contributed by atoms with Crippen LogP contribution in [-0.4, -0.2) is 23.6 Å². The Morgan fingerprint density at radius 3 is 2.04 bits per heavy atom. The second-order valence-electron chi connectivity index (χ2n) is 4.79. The van der Waals surface area contributed by atoms with Crippen LogP contribution in [0.4, 0.5) is 11.4 Å². The van der Waals surface area contributed by atoms with Gasteiger partial charge in [0.1, 0.15) is 5.75 Å². The summed E-state index contributed by atoms with van der Waals surface area (Å²) in [7, 11) is 0. The number of carboxylic acids is 1. The van der Waals surface area contributed by atoms with E-state index in [1.165, 1.54) is 12.1 Å². The fourth-order valence-electron chi connectivity index (χ4n) is 1.78. The molecule has 0 radical (unpaired) electrons. The summed E-state index contributed by atoms with van der Waals surface area (Å²) in [6.45, 7) is 0.642. The Balaban J connectivity index is 1.90. The molecule has 0 saturated heterocycles. The average Bonchev–Trinajstić information content (AvgIpc) is 2.58. The number of unbranched alkanes of at least 4 members (excludes halogenated alkanes) is 1. The molecular weight excluding hydrogens is 316 g/mol. The monoisotopic (exact) mass is 332 g/mol. The fraction of sp³-hybridized carbons (Fsp3) is 0.235. The lowest BCUT2D eigenvalue weighted by atomic mass is 10.2. The Kier molecular flexibility index (Phi) is 6.56. The molecule has 120 valence electrons. The van der Waals surface area contributed by atoms with Gasteiger partial charge in [-0.05, 0) is 61.4 Å². The Labute approximate surface area is 139 Å². The van der Waals surface area contributed by atoms with Crippen LogP contribution in [0.1, 0.15) is 23.2 Å². The minimum Gasteiger partial charge on any atom is -0.494 e. The summed E-state index contributed by atoms with van der Waals surface area (Å²) < 4.78 is 5.57. The van der Waals surface area contributed by atoms with Crippen molar-refractivity contribution in [1.82, 2.24) is 0 Å². The van der Waals surface area contributed by atoms with Gasteiger partial charge >= 0.3 is 5.97 Å². The van der Waals surface area contributed by atoms with Gasteiger partial charge in [-0.15, -0.1) is 11.6 Å². The van der Waals surface area contributed by atoms with Crippen molar-refractivity contribution in [1.29, 1.82) is 0 Å². The highest BCUT2D eigenvalue weighted by Crippen LogP contribution is 2.21. The quantitative estimate of drug-likeness (QED) is 0.410. The van der Waals surface area contributed by atoms with Gasteiger partial charge in [-0.1, -0.05) is 0 Å². The number of halogens is 1. The van der Waals surface area contributed by atoms with E-state index in [9.17, 15) is 4.79 Å². The molecule has 0 saturated carbocycles. The van der Waals surface area contributed by atoms with Crippen LogP contribution in [0.15, 0.2) is 58.8 Å². The van der Waals surface area contributed by atoms with Crippen LogP contribution < -0.4 is 4.74 Å². The van der Waals surface area contributed by atoms with E-state index in [0.29, 0.717) is 23.9 Å². The molecule has 0 aromatic heterocycles. The normalized spacial score (nSPS) is 10.8. The number of carboxylic acid groups (broad SMARTS) is 1. The van der Waals surface area contributed by atoms with Gasteiger partial charge in [-0.3, -0.25) is 0 Å². The summed E-state index contributed by atoms with van der Waals surface area (Å²) in [5.41, 5.74) is 1.51. The highest BCUT2D eigenvalue weighted by Gasteiger charge is 2.01. The third-order valence-corrected chi connectivity index (χ3v) is 3.30. The van der Waals surface area contributed by atoms with Crippen molar-refractivity contribution >= 4 is 28.9 Å². The molecule has 0 aliphatic carbocycles. The summed E-state index contributed by atoms with van der Waals surface area (Å²) in [5.74, 6) is 0.468. The molecule has 0 atom stereocenters. The van der Waals surface area contributed by atoms with E-state index < -0.39 is 5.97 Å². The number of nitrogens with zero attached hydrogens (tertiary/aromatic N) is 2. The highest BCUT2D eigenvalue weighted by molar-refractivity contribution is 6.17. The van der Waals surface area contributed by atoms with Crippen LogP contribution in [0.3, 0.4) is 0 Å². The van der Waals surface area contributed by atoms with Gasteiger partial charge in [0.25, 0.3) is 0 Å². The minimum absolute atomic E-state index is 0.222. The first kappa shape index (κ1) is 17.0. The van der Waals surface area contributed by atoms with Gasteiger partial charge < -0.3 is 9.84 Å². The molecule has 2 aromatic rings. The zero-order valence-corrected chi connectivity index (χ0v) is 13.2. The number of alkyl halides is 1. The maximum Gasteiger partial charge on any atom is 0.335 e. The second kappa shape index (κ2) is 8.90. The van der Waals surface area contributed by atoms with E-state index in [-0.39, 0.29) is 5.56 Å². The van der Waals surface area contributed by atoms with Crippen molar-refractivity contribution in [2.75, 3.05) is 12.5 Å². The summed E-state index contributed by atoms with van der Waals surface area (Å²) in [5, 5.41) is 17.0. The molecular formula is C17H17ClN2O3. The van der Waals surface area contributed by atoms with Crippen molar-refractivity contribution in [3.63, 3.8) is 0 Å². The zero-order valence-electron chi connectivity index (χ0n) is 12.5. The van der Waals surface area contributed by atoms with Crippen molar-refractivity contribution in [3.8, 4) is 5.75 Å². The average molecular weight is 333 g/mol. The van der Waals surface area contributed by atoms with Gasteiger partial charge in [0.05, 0.1) is 23.5 Å². The zero-order chi connectivity index (χ0) is 16.5. The maximum absolute atomic E-state index is 10.8. The van der Waals surface area contributed by atoms with E-state index in [1.54, 1.807) is 12.1 Å². The lowest BCUT2D eigenvalue weighted by Crippen LogP contribution is -1.96. The van der Waals surface area contributed by atoms with Gasteiger partial charge in [0.15, 0.2) is 0 Å². The molecule has 0 aliphatic rings. The van der Waals surface area contributed by atoms with Gasteiger partial charge in [0.2, 0.25) is 0 Å². The molecule has 0 bridgehead atoms. The third kappa shape index (κ3) is 5.71. The molecule has 0 amide bonds. The highest BCUT2D eigenvalue weighted by atomic mass is 35.5. The van der Waals surface area contributed by atoms with Crippen LogP contribution in [-0.2, 0) is 0 Å². The summed E-state index contributed by atoms with van der Waals surface area (Å²) in [6, 6.07) is 13.5. The molecule has 0 heterocycles. The van der Waals surface area contributed by atoms with Gasteiger partial charge in [0, 0.05) is 5.88 Å². The van der Waals surface area contributed by atoms with Gasteiger partial charge in [-0.2, -0.15) is 10.2 Å². The molecule has 0 unspecified atom stereocenters. The number of benzene rings is 2. The SMILES string of the molecule is O=C(O)c1ccc(/N=N/c2ccc(OCCCCCl)cc2)cc1. The molecule has 0 spiro atoms.